The SMILES string of the molecule is CCCN(C/C=C/c1ccc(C)cc1)CCC. The standard InChI is InChI=1S/C16H25N/c1-4-12-17(13-5-2)14-6-7-16-10-8-15(3)9-11-16/h6-11H,4-5,12-14H2,1-3H3/b7-6+. The van der Waals surface area contributed by atoms with Gasteiger partial charge in [0.05, 0.1) is 0 Å². The zero-order valence-electron chi connectivity index (χ0n) is 11.4. The van der Waals surface area contributed by atoms with Gasteiger partial charge in [-0.1, -0.05) is 55.8 Å². The highest BCUT2D eigenvalue weighted by atomic mass is 15.1. The van der Waals surface area contributed by atoms with E-state index in [-0.39, 0.29) is 0 Å². The van der Waals surface area contributed by atoms with Gasteiger partial charge in [0.2, 0.25) is 0 Å². The molecule has 0 N–H and O–H groups in total. The Morgan fingerprint density at radius 3 is 2.12 bits per heavy atom. The molecule has 0 spiro atoms. The van der Waals surface area contributed by atoms with Crippen molar-refractivity contribution in [1.29, 1.82) is 0 Å². The Hall–Kier alpha value is -1.08. The molecule has 1 heteroatoms. The molecule has 0 unspecified atom stereocenters. The van der Waals surface area contributed by atoms with Crippen molar-refractivity contribution in [3.63, 3.8) is 0 Å². The Kier molecular flexibility index (Phi) is 6.64. The summed E-state index contributed by atoms with van der Waals surface area (Å²) in [4.78, 5) is 2.50. The highest BCUT2D eigenvalue weighted by Gasteiger charge is 1.98. The van der Waals surface area contributed by atoms with Gasteiger partial charge in [0, 0.05) is 6.54 Å². The van der Waals surface area contributed by atoms with Gasteiger partial charge in [-0.2, -0.15) is 0 Å². The summed E-state index contributed by atoms with van der Waals surface area (Å²) in [5, 5.41) is 0. The molecule has 1 aromatic rings. The molecule has 1 rings (SSSR count). The quantitative estimate of drug-likeness (QED) is 0.682. The highest BCUT2D eigenvalue weighted by Crippen LogP contribution is 2.05. The Balaban J connectivity index is 2.44. The Morgan fingerprint density at radius 2 is 1.59 bits per heavy atom. The molecule has 0 radical (unpaired) electrons. The fourth-order valence-corrected chi connectivity index (χ4v) is 1.94. The molecule has 0 aromatic heterocycles. The molecule has 0 aliphatic heterocycles. The molecule has 0 heterocycles. The van der Waals surface area contributed by atoms with Crippen molar-refractivity contribution in [2.75, 3.05) is 19.6 Å². The largest absolute Gasteiger partial charge is 0.300 e. The first-order valence-corrected chi connectivity index (χ1v) is 6.71. The number of hydrogen-bond acceptors (Lipinski definition) is 1. The molecule has 0 aliphatic carbocycles. The van der Waals surface area contributed by atoms with Crippen LogP contribution in [0.1, 0.15) is 37.8 Å². The monoisotopic (exact) mass is 231 g/mol. The molecule has 0 aliphatic rings. The third kappa shape index (κ3) is 5.69. The number of rotatable bonds is 7. The molecule has 0 atom stereocenters. The van der Waals surface area contributed by atoms with Crippen LogP contribution in [0.5, 0.6) is 0 Å². The van der Waals surface area contributed by atoms with E-state index in [0.717, 1.165) is 6.54 Å². The van der Waals surface area contributed by atoms with E-state index in [4.69, 9.17) is 0 Å². The minimum absolute atomic E-state index is 1.07. The first kappa shape index (κ1) is 14.0. The molecule has 0 saturated heterocycles. The van der Waals surface area contributed by atoms with Gasteiger partial charge >= 0.3 is 0 Å². The fraction of sp³-hybridized carbons (Fsp3) is 0.500. The van der Waals surface area contributed by atoms with Gasteiger partial charge in [0.25, 0.3) is 0 Å². The van der Waals surface area contributed by atoms with Crippen LogP contribution < -0.4 is 0 Å². The van der Waals surface area contributed by atoms with Gasteiger partial charge in [-0.25, -0.2) is 0 Å². The molecular formula is C16H25N. The van der Waals surface area contributed by atoms with E-state index >= 15 is 0 Å². The van der Waals surface area contributed by atoms with Crippen LogP contribution in [0.2, 0.25) is 0 Å². The van der Waals surface area contributed by atoms with Gasteiger partial charge in [0.15, 0.2) is 0 Å². The maximum Gasteiger partial charge on any atom is 0.0166 e. The minimum Gasteiger partial charge on any atom is -0.300 e. The van der Waals surface area contributed by atoms with Crippen molar-refractivity contribution >= 4 is 6.08 Å². The molecule has 17 heavy (non-hydrogen) atoms. The van der Waals surface area contributed by atoms with Crippen LogP contribution in [0, 0.1) is 6.92 Å². The average molecular weight is 231 g/mol. The predicted molar refractivity (Wildman–Crippen MR) is 77.2 cm³/mol. The van der Waals surface area contributed by atoms with Crippen molar-refractivity contribution in [2.24, 2.45) is 0 Å². The minimum atomic E-state index is 1.07. The van der Waals surface area contributed by atoms with E-state index in [1.54, 1.807) is 0 Å². The van der Waals surface area contributed by atoms with Crippen molar-refractivity contribution in [1.82, 2.24) is 4.90 Å². The summed E-state index contributed by atoms with van der Waals surface area (Å²) in [7, 11) is 0. The predicted octanol–water partition coefficient (Wildman–Crippen LogP) is 4.13. The highest BCUT2D eigenvalue weighted by molar-refractivity contribution is 5.49. The topological polar surface area (TPSA) is 3.24 Å². The van der Waals surface area contributed by atoms with Crippen molar-refractivity contribution in [2.45, 2.75) is 33.6 Å². The van der Waals surface area contributed by atoms with Crippen LogP contribution >= 0.6 is 0 Å². The van der Waals surface area contributed by atoms with Gasteiger partial charge in [-0.3, -0.25) is 4.90 Å². The third-order valence-corrected chi connectivity index (χ3v) is 2.83. The molecule has 94 valence electrons. The Morgan fingerprint density at radius 1 is 1.00 bits per heavy atom. The van der Waals surface area contributed by atoms with Crippen LogP contribution in [-0.4, -0.2) is 24.5 Å². The molecular weight excluding hydrogens is 206 g/mol. The van der Waals surface area contributed by atoms with E-state index in [0.29, 0.717) is 0 Å². The summed E-state index contributed by atoms with van der Waals surface area (Å²) in [5.74, 6) is 0. The second-order valence-electron chi connectivity index (χ2n) is 4.61. The van der Waals surface area contributed by atoms with E-state index < -0.39 is 0 Å². The van der Waals surface area contributed by atoms with Crippen LogP contribution in [-0.2, 0) is 0 Å². The fourth-order valence-electron chi connectivity index (χ4n) is 1.94. The van der Waals surface area contributed by atoms with Gasteiger partial charge in [-0.15, -0.1) is 0 Å². The maximum absolute atomic E-state index is 2.50. The van der Waals surface area contributed by atoms with E-state index in [2.05, 4.69) is 62.1 Å². The molecule has 0 saturated carbocycles. The summed E-state index contributed by atoms with van der Waals surface area (Å²) >= 11 is 0. The zero-order chi connectivity index (χ0) is 12.5. The van der Waals surface area contributed by atoms with Crippen LogP contribution in [0.15, 0.2) is 30.3 Å². The second-order valence-corrected chi connectivity index (χ2v) is 4.61. The Bertz CT molecular complexity index is 318. The zero-order valence-corrected chi connectivity index (χ0v) is 11.4. The lowest BCUT2D eigenvalue weighted by molar-refractivity contribution is 0.304. The van der Waals surface area contributed by atoms with Crippen molar-refractivity contribution in [3.05, 3.63) is 41.5 Å². The van der Waals surface area contributed by atoms with E-state index in [1.165, 1.54) is 37.1 Å². The van der Waals surface area contributed by atoms with Gasteiger partial charge in [-0.05, 0) is 38.4 Å². The maximum atomic E-state index is 2.50. The number of nitrogens with zero attached hydrogens (tertiary/aromatic N) is 1. The van der Waals surface area contributed by atoms with Crippen LogP contribution in [0.4, 0.5) is 0 Å². The average Bonchev–Trinajstić information content (AvgIpc) is 2.32. The lowest BCUT2D eigenvalue weighted by Crippen LogP contribution is -2.25. The summed E-state index contributed by atoms with van der Waals surface area (Å²) in [6.45, 7) is 10.1. The summed E-state index contributed by atoms with van der Waals surface area (Å²) < 4.78 is 0. The Labute approximate surface area is 106 Å². The molecule has 0 bridgehead atoms. The summed E-state index contributed by atoms with van der Waals surface area (Å²) in [6, 6.07) is 8.68. The molecule has 1 nitrogen and oxygen atoms in total. The van der Waals surface area contributed by atoms with Gasteiger partial charge in [0.1, 0.15) is 0 Å². The molecule has 0 amide bonds. The lowest BCUT2D eigenvalue weighted by Gasteiger charge is -2.18. The van der Waals surface area contributed by atoms with Crippen molar-refractivity contribution in [3.8, 4) is 0 Å². The number of aryl methyl sites for hydroxylation is 1. The van der Waals surface area contributed by atoms with E-state index in [9.17, 15) is 0 Å². The van der Waals surface area contributed by atoms with Crippen LogP contribution in [0.25, 0.3) is 6.08 Å². The molecule has 0 fully saturated rings. The lowest BCUT2D eigenvalue weighted by atomic mass is 10.1. The van der Waals surface area contributed by atoms with Crippen LogP contribution in [0.3, 0.4) is 0 Å². The normalized spacial score (nSPS) is 11.5. The van der Waals surface area contributed by atoms with Gasteiger partial charge < -0.3 is 0 Å². The smallest absolute Gasteiger partial charge is 0.0166 e. The second kappa shape index (κ2) is 8.08. The summed E-state index contributed by atoms with van der Waals surface area (Å²) in [5.41, 5.74) is 2.62. The molecule has 1 aromatic carbocycles. The number of benzene rings is 1. The first-order valence-electron chi connectivity index (χ1n) is 6.71. The van der Waals surface area contributed by atoms with E-state index in [1.807, 2.05) is 0 Å². The first-order chi connectivity index (χ1) is 8.26. The van der Waals surface area contributed by atoms with Crippen molar-refractivity contribution < 1.29 is 0 Å². The number of hydrogen-bond donors (Lipinski definition) is 0. The third-order valence-electron chi connectivity index (χ3n) is 2.83. The summed E-state index contributed by atoms with van der Waals surface area (Å²) in [6.07, 6.45) is 6.96.